The van der Waals surface area contributed by atoms with Crippen molar-refractivity contribution in [2.24, 2.45) is 0 Å². The van der Waals surface area contributed by atoms with E-state index in [2.05, 4.69) is 29.3 Å². The maximum atomic E-state index is 5.30. The molecule has 1 aliphatic heterocycles. The normalized spacial score (nSPS) is 24.0. The molecule has 0 aromatic carbocycles. The van der Waals surface area contributed by atoms with Crippen LogP contribution in [0.15, 0.2) is 10.7 Å². The van der Waals surface area contributed by atoms with Gasteiger partial charge in [-0.15, -0.1) is 0 Å². The Morgan fingerprint density at radius 3 is 3.29 bits per heavy atom. The van der Waals surface area contributed by atoms with Crippen LogP contribution in [0.25, 0.3) is 0 Å². The van der Waals surface area contributed by atoms with Gasteiger partial charge >= 0.3 is 0 Å². The lowest BCUT2D eigenvalue weighted by Crippen LogP contribution is -2.43. The van der Waals surface area contributed by atoms with Gasteiger partial charge in [0.2, 0.25) is 0 Å². The van der Waals surface area contributed by atoms with Crippen molar-refractivity contribution in [2.75, 3.05) is 26.7 Å². The zero-order valence-electron chi connectivity index (χ0n) is 8.79. The number of likely N-dealkylation sites (N-methyl/N-ethyl adjacent to an activating group) is 1. The van der Waals surface area contributed by atoms with E-state index in [4.69, 9.17) is 4.52 Å². The van der Waals surface area contributed by atoms with Crippen molar-refractivity contribution in [3.8, 4) is 0 Å². The molecule has 1 unspecified atom stereocenters. The van der Waals surface area contributed by atoms with Gasteiger partial charge in [0.25, 0.3) is 0 Å². The summed E-state index contributed by atoms with van der Waals surface area (Å²) in [6.07, 6.45) is 2.81. The van der Waals surface area contributed by atoms with Crippen molar-refractivity contribution in [1.82, 2.24) is 15.4 Å². The molecule has 1 fully saturated rings. The highest BCUT2D eigenvalue weighted by atomic mass is 16.5. The van der Waals surface area contributed by atoms with E-state index in [0.29, 0.717) is 6.04 Å². The second-order valence-electron chi connectivity index (χ2n) is 3.84. The van der Waals surface area contributed by atoms with E-state index in [0.717, 1.165) is 31.8 Å². The molecular formula is C10H17N3O. The number of piperazine rings is 1. The summed E-state index contributed by atoms with van der Waals surface area (Å²) in [6, 6.07) is 0.311. The Bertz CT molecular complexity index is 297. The molecule has 1 aliphatic rings. The van der Waals surface area contributed by atoms with Gasteiger partial charge in [0.1, 0.15) is 0 Å². The van der Waals surface area contributed by atoms with Crippen molar-refractivity contribution in [3.63, 3.8) is 0 Å². The van der Waals surface area contributed by atoms with Crippen LogP contribution >= 0.6 is 0 Å². The quantitative estimate of drug-likeness (QED) is 0.758. The summed E-state index contributed by atoms with van der Waals surface area (Å²) in [7, 11) is 2.13. The first kappa shape index (κ1) is 9.68. The molecule has 1 atom stereocenters. The fourth-order valence-corrected chi connectivity index (χ4v) is 1.89. The number of hydrogen-bond acceptors (Lipinski definition) is 4. The lowest BCUT2D eigenvalue weighted by molar-refractivity contribution is 0.211. The molecule has 4 nitrogen and oxygen atoms in total. The Morgan fingerprint density at radius 1 is 1.71 bits per heavy atom. The molecule has 4 heteroatoms. The van der Waals surface area contributed by atoms with E-state index in [-0.39, 0.29) is 0 Å². The van der Waals surface area contributed by atoms with Gasteiger partial charge in [-0.05, 0) is 13.5 Å². The van der Waals surface area contributed by atoms with Gasteiger partial charge in [0.05, 0.1) is 12.2 Å². The zero-order valence-corrected chi connectivity index (χ0v) is 8.79. The molecule has 1 saturated heterocycles. The minimum absolute atomic E-state index is 0.311. The molecule has 1 aromatic heterocycles. The fourth-order valence-electron chi connectivity index (χ4n) is 1.89. The van der Waals surface area contributed by atoms with Gasteiger partial charge in [-0.3, -0.25) is 0 Å². The summed E-state index contributed by atoms with van der Waals surface area (Å²) >= 11 is 0. The first-order chi connectivity index (χ1) is 6.81. The summed E-state index contributed by atoms with van der Waals surface area (Å²) in [5.74, 6) is 1.01. The lowest BCUT2D eigenvalue weighted by Gasteiger charge is -2.29. The highest BCUT2D eigenvalue weighted by molar-refractivity contribution is 5.17. The van der Waals surface area contributed by atoms with Gasteiger partial charge < -0.3 is 14.7 Å². The van der Waals surface area contributed by atoms with Gasteiger partial charge in [0.15, 0.2) is 5.76 Å². The summed E-state index contributed by atoms with van der Waals surface area (Å²) in [5.41, 5.74) is 1.22. The van der Waals surface area contributed by atoms with E-state index >= 15 is 0 Å². The molecule has 78 valence electrons. The van der Waals surface area contributed by atoms with E-state index < -0.39 is 0 Å². The molecule has 0 amide bonds. The van der Waals surface area contributed by atoms with Gasteiger partial charge in [-0.25, -0.2) is 0 Å². The second kappa shape index (κ2) is 4.11. The van der Waals surface area contributed by atoms with Crippen LogP contribution < -0.4 is 5.32 Å². The Balaban J connectivity index is 2.13. The van der Waals surface area contributed by atoms with Crippen LogP contribution in [0.3, 0.4) is 0 Å². The monoisotopic (exact) mass is 195 g/mol. The van der Waals surface area contributed by atoms with Crippen molar-refractivity contribution >= 4 is 0 Å². The Kier molecular flexibility index (Phi) is 2.84. The van der Waals surface area contributed by atoms with Crippen molar-refractivity contribution in [2.45, 2.75) is 19.4 Å². The van der Waals surface area contributed by atoms with Crippen LogP contribution in [0, 0.1) is 0 Å². The number of nitrogens with zero attached hydrogens (tertiary/aromatic N) is 2. The number of rotatable bonds is 2. The second-order valence-corrected chi connectivity index (χ2v) is 3.84. The zero-order chi connectivity index (χ0) is 9.97. The maximum Gasteiger partial charge on any atom is 0.158 e. The van der Waals surface area contributed by atoms with Crippen LogP contribution in [0.5, 0.6) is 0 Å². The molecule has 0 spiro atoms. The number of hydrogen-bond donors (Lipinski definition) is 1. The van der Waals surface area contributed by atoms with Crippen LogP contribution in [-0.2, 0) is 6.42 Å². The molecule has 2 heterocycles. The molecule has 1 aromatic rings. The molecule has 0 bridgehead atoms. The number of aromatic nitrogens is 1. The Hall–Kier alpha value is -0.870. The molecule has 2 rings (SSSR count). The summed E-state index contributed by atoms with van der Waals surface area (Å²) < 4.78 is 5.30. The summed E-state index contributed by atoms with van der Waals surface area (Å²) in [6.45, 7) is 5.25. The number of aryl methyl sites for hydroxylation is 1. The van der Waals surface area contributed by atoms with Crippen LogP contribution in [0.4, 0.5) is 0 Å². The van der Waals surface area contributed by atoms with Gasteiger partial charge in [-0.1, -0.05) is 12.1 Å². The SMILES string of the molecule is CCc1cnoc1C1CN(C)CCN1. The average Bonchev–Trinajstić information content (AvgIpc) is 2.65. The first-order valence-corrected chi connectivity index (χ1v) is 5.16. The van der Waals surface area contributed by atoms with E-state index in [9.17, 15) is 0 Å². The third kappa shape index (κ3) is 1.81. The van der Waals surface area contributed by atoms with E-state index in [1.807, 2.05) is 6.20 Å². The third-order valence-corrected chi connectivity index (χ3v) is 2.75. The van der Waals surface area contributed by atoms with Gasteiger partial charge in [-0.2, -0.15) is 0 Å². The average molecular weight is 195 g/mol. The predicted molar refractivity (Wildman–Crippen MR) is 54.1 cm³/mol. The molecule has 0 aliphatic carbocycles. The summed E-state index contributed by atoms with van der Waals surface area (Å²) in [4.78, 5) is 2.31. The number of nitrogens with one attached hydrogen (secondary N) is 1. The highest BCUT2D eigenvalue weighted by Gasteiger charge is 2.23. The van der Waals surface area contributed by atoms with Crippen LogP contribution in [0.1, 0.15) is 24.3 Å². The van der Waals surface area contributed by atoms with Gasteiger partial charge in [0, 0.05) is 25.2 Å². The third-order valence-electron chi connectivity index (χ3n) is 2.75. The molecular weight excluding hydrogens is 178 g/mol. The van der Waals surface area contributed by atoms with Crippen LogP contribution in [-0.4, -0.2) is 36.7 Å². The lowest BCUT2D eigenvalue weighted by atomic mass is 10.1. The molecule has 1 N–H and O–H groups in total. The Labute approximate surface area is 84.3 Å². The maximum absolute atomic E-state index is 5.30. The van der Waals surface area contributed by atoms with Crippen LogP contribution in [0.2, 0.25) is 0 Å². The molecule has 0 saturated carbocycles. The minimum Gasteiger partial charge on any atom is -0.359 e. The van der Waals surface area contributed by atoms with Crippen molar-refractivity contribution in [3.05, 3.63) is 17.5 Å². The van der Waals surface area contributed by atoms with Crippen molar-refractivity contribution in [1.29, 1.82) is 0 Å². The Morgan fingerprint density at radius 2 is 2.57 bits per heavy atom. The minimum atomic E-state index is 0.311. The van der Waals surface area contributed by atoms with E-state index in [1.54, 1.807) is 0 Å². The standard InChI is InChI=1S/C10H17N3O/c1-3-8-6-12-14-10(8)9-7-13(2)5-4-11-9/h6,9,11H,3-5,7H2,1-2H3. The smallest absolute Gasteiger partial charge is 0.158 e. The first-order valence-electron chi connectivity index (χ1n) is 5.16. The van der Waals surface area contributed by atoms with Crippen molar-refractivity contribution < 1.29 is 4.52 Å². The fraction of sp³-hybridized carbons (Fsp3) is 0.700. The predicted octanol–water partition coefficient (Wildman–Crippen LogP) is 0.813. The summed E-state index contributed by atoms with van der Waals surface area (Å²) in [5, 5.41) is 7.31. The topological polar surface area (TPSA) is 41.3 Å². The van der Waals surface area contributed by atoms with E-state index in [1.165, 1.54) is 5.56 Å². The molecule has 0 radical (unpaired) electrons. The molecule has 14 heavy (non-hydrogen) atoms. The largest absolute Gasteiger partial charge is 0.359 e. The highest BCUT2D eigenvalue weighted by Crippen LogP contribution is 2.20.